The summed E-state index contributed by atoms with van der Waals surface area (Å²) in [5.41, 5.74) is 3.80. The number of Topliss-reactive ketones (excluding diaryl/α,β-unsaturated/α-hetero) is 1. The Morgan fingerprint density at radius 1 is 0.971 bits per heavy atom. The highest BCUT2D eigenvalue weighted by atomic mass is 16.5. The molecule has 176 valence electrons. The van der Waals surface area contributed by atoms with Gasteiger partial charge in [0, 0.05) is 11.6 Å². The first-order chi connectivity index (χ1) is 16.7. The lowest BCUT2D eigenvalue weighted by molar-refractivity contribution is 0.0734. The van der Waals surface area contributed by atoms with Crippen LogP contribution in [0.15, 0.2) is 84.1 Å². The number of allylic oxidation sites excluding steroid dienone is 1. The minimum atomic E-state index is -0.470. The molecule has 2 heterocycles. The van der Waals surface area contributed by atoms with Crippen LogP contribution >= 0.6 is 0 Å². The Morgan fingerprint density at radius 2 is 1.71 bits per heavy atom. The highest BCUT2D eigenvalue weighted by molar-refractivity contribution is 6.12. The Hall–Kier alpha value is -4.12. The largest absolute Gasteiger partial charge is 0.485 e. The molecule has 0 radical (unpaired) electrons. The number of carbonyl (C=O) groups is 2. The molecule has 2 aliphatic rings. The second-order valence-electron chi connectivity index (χ2n) is 9.76. The van der Waals surface area contributed by atoms with Crippen molar-refractivity contribution in [3.05, 3.63) is 106 Å². The van der Waals surface area contributed by atoms with Gasteiger partial charge >= 0.3 is 5.97 Å². The Balaban J connectivity index is 1.34. The maximum absolute atomic E-state index is 12.9. The molecule has 0 aliphatic carbocycles. The highest BCUT2D eigenvalue weighted by Crippen LogP contribution is 2.36. The zero-order valence-electron chi connectivity index (χ0n) is 20.1. The molecule has 0 aromatic heterocycles. The van der Waals surface area contributed by atoms with Crippen molar-refractivity contribution in [1.82, 2.24) is 0 Å². The Kier molecular flexibility index (Phi) is 5.56. The summed E-state index contributed by atoms with van der Waals surface area (Å²) >= 11 is 0. The number of esters is 1. The molecule has 35 heavy (non-hydrogen) atoms. The average Bonchev–Trinajstić information content (AvgIpc) is 3.13. The number of rotatable bonds is 3. The molecule has 3 aromatic rings. The number of ether oxygens (including phenoxy) is 3. The molecule has 0 N–H and O–H groups in total. The number of hydrogen-bond acceptors (Lipinski definition) is 5. The van der Waals surface area contributed by atoms with Gasteiger partial charge in [0.15, 0.2) is 5.76 Å². The predicted molar refractivity (Wildman–Crippen MR) is 134 cm³/mol. The summed E-state index contributed by atoms with van der Waals surface area (Å²) in [7, 11) is 0. The van der Waals surface area contributed by atoms with E-state index in [4.69, 9.17) is 14.2 Å². The van der Waals surface area contributed by atoms with Gasteiger partial charge in [-0.25, -0.2) is 4.79 Å². The number of ketones is 1. The lowest BCUT2D eigenvalue weighted by Crippen LogP contribution is -2.18. The third-order valence-electron chi connectivity index (χ3n) is 6.15. The van der Waals surface area contributed by atoms with Crippen molar-refractivity contribution in [2.75, 3.05) is 0 Å². The first kappa shape index (κ1) is 22.7. The van der Waals surface area contributed by atoms with Crippen LogP contribution in [0.2, 0.25) is 0 Å². The van der Waals surface area contributed by atoms with Crippen molar-refractivity contribution >= 4 is 17.8 Å². The molecule has 5 heteroatoms. The summed E-state index contributed by atoms with van der Waals surface area (Å²) in [5.74, 6) is 1.00. The van der Waals surface area contributed by atoms with Gasteiger partial charge < -0.3 is 14.2 Å². The van der Waals surface area contributed by atoms with Gasteiger partial charge in [-0.15, -0.1) is 0 Å². The Bertz CT molecular complexity index is 1390. The summed E-state index contributed by atoms with van der Waals surface area (Å²) in [6.45, 7) is 8.28. The average molecular weight is 467 g/mol. The molecule has 1 atom stereocenters. The third kappa shape index (κ3) is 4.50. The molecule has 5 rings (SSSR count). The van der Waals surface area contributed by atoms with E-state index in [1.165, 1.54) is 0 Å². The van der Waals surface area contributed by atoms with E-state index in [1.807, 2.05) is 49.4 Å². The minimum Gasteiger partial charge on any atom is -0.485 e. The van der Waals surface area contributed by atoms with Crippen molar-refractivity contribution in [3.63, 3.8) is 0 Å². The summed E-state index contributed by atoms with van der Waals surface area (Å²) in [6.07, 6.45) is 3.48. The second-order valence-corrected chi connectivity index (χ2v) is 9.76. The topological polar surface area (TPSA) is 61.8 Å². The number of hydrogen-bond donors (Lipinski definition) is 0. The summed E-state index contributed by atoms with van der Waals surface area (Å²) in [6, 6.07) is 19.9. The molecule has 1 unspecified atom stereocenters. The molecule has 0 amide bonds. The molecule has 0 saturated heterocycles. The van der Waals surface area contributed by atoms with Crippen LogP contribution in [-0.4, -0.2) is 17.9 Å². The fourth-order valence-corrected chi connectivity index (χ4v) is 4.08. The summed E-state index contributed by atoms with van der Waals surface area (Å²) in [4.78, 5) is 25.6. The van der Waals surface area contributed by atoms with E-state index >= 15 is 0 Å². The molecule has 0 bridgehead atoms. The first-order valence-electron chi connectivity index (χ1n) is 11.6. The normalized spacial score (nSPS) is 17.7. The van der Waals surface area contributed by atoms with Gasteiger partial charge in [-0.3, -0.25) is 4.79 Å². The molecule has 2 aliphatic heterocycles. The second kappa shape index (κ2) is 8.58. The zero-order valence-corrected chi connectivity index (χ0v) is 20.1. The molecule has 0 fully saturated rings. The van der Waals surface area contributed by atoms with Crippen LogP contribution in [0.4, 0.5) is 0 Å². The lowest BCUT2D eigenvalue weighted by Gasteiger charge is -2.22. The molecular formula is C30H26O5. The Labute approximate surface area is 204 Å². The van der Waals surface area contributed by atoms with E-state index in [0.717, 1.165) is 22.4 Å². The van der Waals surface area contributed by atoms with Gasteiger partial charge in [0.05, 0.1) is 11.1 Å². The van der Waals surface area contributed by atoms with Crippen molar-refractivity contribution in [2.45, 2.75) is 39.2 Å². The van der Waals surface area contributed by atoms with E-state index in [2.05, 4.69) is 20.8 Å². The van der Waals surface area contributed by atoms with Gasteiger partial charge in [0.25, 0.3) is 0 Å². The van der Waals surface area contributed by atoms with Crippen molar-refractivity contribution < 1.29 is 23.8 Å². The van der Waals surface area contributed by atoms with Crippen LogP contribution in [0, 0.1) is 0 Å². The van der Waals surface area contributed by atoms with Crippen molar-refractivity contribution in [1.29, 1.82) is 0 Å². The predicted octanol–water partition coefficient (Wildman–Crippen LogP) is 6.53. The van der Waals surface area contributed by atoms with Crippen LogP contribution < -0.4 is 14.2 Å². The van der Waals surface area contributed by atoms with Gasteiger partial charge in [-0.2, -0.15) is 0 Å². The number of carbonyl (C=O) groups excluding carboxylic acids is 2. The first-order valence-corrected chi connectivity index (χ1v) is 11.6. The number of benzene rings is 3. The molecule has 0 spiro atoms. The monoisotopic (exact) mass is 466 g/mol. The van der Waals surface area contributed by atoms with Gasteiger partial charge in [-0.1, -0.05) is 51.1 Å². The molecular weight excluding hydrogens is 440 g/mol. The lowest BCUT2D eigenvalue weighted by atomic mass is 9.87. The number of para-hydroxylation sites is 1. The van der Waals surface area contributed by atoms with Crippen LogP contribution in [0.5, 0.6) is 17.2 Å². The van der Waals surface area contributed by atoms with Crippen LogP contribution in [0.3, 0.4) is 0 Å². The summed E-state index contributed by atoms with van der Waals surface area (Å²) < 4.78 is 17.4. The molecule has 0 saturated carbocycles. The third-order valence-corrected chi connectivity index (χ3v) is 6.15. The molecule has 3 aromatic carbocycles. The minimum absolute atomic E-state index is 0.00149. The smallest absolute Gasteiger partial charge is 0.343 e. The van der Waals surface area contributed by atoms with E-state index in [9.17, 15) is 9.59 Å². The maximum Gasteiger partial charge on any atom is 0.343 e. The molecule has 5 nitrogen and oxygen atoms in total. The van der Waals surface area contributed by atoms with Gasteiger partial charge in [0.2, 0.25) is 5.78 Å². The van der Waals surface area contributed by atoms with E-state index in [1.54, 1.807) is 36.4 Å². The van der Waals surface area contributed by atoms with Crippen LogP contribution in [0.1, 0.15) is 59.5 Å². The highest BCUT2D eigenvalue weighted by Gasteiger charge is 2.29. The summed E-state index contributed by atoms with van der Waals surface area (Å²) in [5, 5.41) is 0. The van der Waals surface area contributed by atoms with Gasteiger partial charge in [-0.05, 0) is 66.0 Å². The SMILES string of the molecule is CC1Oc2ccccc2C=C1/C=C1\Oc2cc(OC(=O)c3ccc(C(C)(C)C)cc3)ccc2C1=O. The van der Waals surface area contributed by atoms with Crippen molar-refractivity contribution in [3.8, 4) is 17.2 Å². The Morgan fingerprint density at radius 3 is 2.46 bits per heavy atom. The van der Waals surface area contributed by atoms with E-state index < -0.39 is 5.97 Å². The van der Waals surface area contributed by atoms with Crippen LogP contribution in [-0.2, 0) is 5.41 Å². The quantitative estimate of drug-likeness (QED) is 0.250. The van der Waals surface area contributed by atoms with Crippen molar-refractivity contribution in [2.24, 2.45) is 0 Å². The fraction of sp³-hybridized carbons (Fsp3) is 0.200. The standard InChI is InChI=1S/C30H26O5/c1-18-21(15-20-7-5-6-8-25(20)33-18)16-27-28(31)24-14-13-23(17-26(24)35-27)34-29(32)19-9-11-22(12-10-19)30(2,3)4/h5-18H,1-4H3/b27-16-. The van der Waals surface area contributed by atoms with E-state index in [-0.39, 0.29) is 23.1 Å². The van der Waals surface area contributed by atoms with Crippen LogP contribution in [0.25, 0.3) is 6.08 Å². The zero-order chi connectivity index (χ0) is 24.7. The van der Waals surface area contributed by atoms with Gasteiger partial charge in [0.1, 0.15) is 23.4 Å². The number of fused-ring (bicyclic) bond motifs is 2. The fourth-order valence-electron chi connectivity index (χ4n) is 4.08. The maximum atomic E-state index is 12.9. The van der Waals surface area contributed by atoms with E-state index in [0.29, 0.717) is 22.6 Å².